The van der Waals surface area contributed by atoms with E-state index in [2.05, 4.69) is 5.32 Å². The number of amides is 1. The summed E-state index contributed by atoms with van der Waals surface area (Å²) in [7, 11) is 0. The molecular weight excluding hydrogens is 270 g/mol. The highest BCUT2D eigenvalue weighted by atomic mass is 35.5. The minimum atomic E-state index is -0.860. The lowest BCUT2D eigenvalue weighted by molar-refractivity contribution is -0.138. The monoisotopic (exact) mass is 287 g/mol. The van der Waals surface area contributed by atoms with Crippen LogP contribution in [0.4, 0.5) is 0 Å². The van der Waals surface area contributed by atoms with Crippen molar-refractivity contribution in [3.8, 4) is 0 Å². The van der Waals surface area contributed by atoms with E-state index in [9.17, 15) is 9.59 Å². The first kappa shape index (κ1) is 15.6. The number of hydrogen-bond donors (Lipinski definition) is 2. The van der Waals surface area contributed by atoms with Crippen molar-refractivity contribution >= 4 is 23.5 Å². The average molecular weight is 288 g/mol. The van der Waals surface area contributed by atoms with Gasteiger partial charge >= 0.3 is 5.97 Å². The van der Waals surface area contributed by atoms with E-state index in [0.717, 1.165) is 6.42 Å². The lowest BCUT2D eigenvalue weighted by Crippen LogP contribution is -2.30. The summed E-state index contributed by atoms with van der Waals surface area (Å²) in [6, 6.07) is 2.96. The molecule has 1 aromatic heterocycles. The van der Waals surface area contributed by atoms with E-state index >= 15 is 0 Å². The van der Waals surface area contributed by atoms with E-state index in [4.69, 9.17) is 21.1 Å². The predicted molar refractivity (Wildman–Crippen MR) is 71.2 cm³/mol. The summed E-state index contributed by atoms with van der Waals surface area (Å²) >= 11 is 5.58. The molecule has 2 N–H and O–H groups in total. The number of carboxylic acid groups (broad SMARTS) is 1. The van der Waals surface area contributed by atoms with Crippen molar-refractivity contribution in [1.29, 1.82) is 0 Å². The first-order valence-electron chi connectivity index (χ1n) is 6.13. The Bertz CT molecular complexity index is 442. The molecule has 6 heteroatoms. The van der Waals surface area contributed by atoms with Gasteiger partial charge in [-0.2, -0.15) is 0 Å². The number of carbonyl (C=O) groups excluding carboxylic acids is 1. The lowest BCUT2D eigenvalue weighted by Gasteiger charge is -2.17. The highest BCUT2D eigenvalue weighted by Crippen LogP contribution is 2.16. The molecule has 0 unspecified atom stereocenters. The van der Waals surface area contributed by atoms with Crippen molar-refractivity contribution < 1.29 is 19.1 Å². The second-order valence-corrected chi connectivity index (χ2v) is 5.28. The van der Waals surface area contributed by atoms with Crippen LogP contribution in [0.2, 0.25) is 5.22 Å². The third-order valence-corrected chi connectivity index (χ3v) is 2.82. The van der Waals surface area contributed by atoms with Gasteiger partial charge in [0, 0.05) is 13.0 Å². The van der Waals surface area contributed by atoms with Gasteiger partial charge in [-0.05, 0) is 42.0 Å². The Labute approximate surface area is 116 Å². The van der Waals surface area contributed by atoms with Crippen LogP contribution in [-0.2, 0) is 4.79 Å². The molecule has 0 aromatic carbocycles. The molecule has 0 aliphatic rings. The number of rotatable bonds is 7. The van der Waals surface area contributed by atoms with Crippen molar-refractivity contribution in [1.82, 2.24) is 5.32 Å². The zero-order valence-electron chi connectivity index (χ0n) is 11.0. The largest absolute Gasteiger partial charge is 0.481 e. The molecular formula is C13H18ClNO4. The molecule has 1 atom stereocenters. The second-order valence-electron chi connectivity index (χ2n) is 4.91. The number of carboxylic acids is 1. The highest BCUT2D eigenvalue weighted by molar-refractivity contribution is 6.29. The maximum Gasteiger partial charge on any atom is 0.303 e. The molecule has 106 valence electrons. The van der Waals surface area contributed by atoms with Gasteiger partial charge in [-0.1, -0.05) is 13.8 Å². The molecule has 19 heavy (non-hydrogen) atoms. The smallest absolute Gasteiger partial charge is 0.303 e. The van der Waals surface area contributed by atoms with Gasteiger partial charge in [-0.15, -0.1) is 0 Å². The zero-order chi connectivity index (χ0) is 14.4. The molecule has 1 heterocycles. The van der Waals surface area contributed by atoms with Crippen LogP contribution in [0, 0.1) is 11.8 Å². The summed E-state index contributed by atoms with van der Waals surface area (Å²) < 4.78 is 4.98. The van der Waals surface area contributed by atoms with Crippen molar-refractivity contribution in [3.63, 3.8) is 0 Å². The number of nitrogens with one attached hydrogen (secondary N) is 1. The first-order chi connectivity index (χ1) is 8.88. The third-order valence-electron chi connectivity index (χ3n) is 2.62. The van der Waals surface area contributed by atoms with Gasteiger partial charge in [0.1, 0.15) is 0 Å². The topological polar surface area (TPSA) is 79.5 Å². The molecule has 5 nitrogen and oxygen atoms in total. The Balaban J connectivity index is 2.50. The summed E-state index contributed by atoms with van der Waals surface area (Å²) in [6.07, 6.45) is 0.781. The Kier molecular flexibility index (Phi) is 5.89. The standard InChI is InChI=1S/C13H18ClNO4/c1-8(2)5-9(6-12(16)17)7-15-13(18)10-3-4-11(14)19-10/h3-4,8-9H,5-7H2,1-2H3,(H,15,18)(H,16,17)/t9-/m0/s1. The van der Waals surface area contributed by atoms with Gasteiger partial charge in [0.05, 0.1) is 0 Å². The van der Waals surface area contributed by atoms with Crippen LogP contribution in [0.3, 0.4) is 0 Å². The fourth-order valence-electron chi connectivity index (χ4n) is 1.91. The maximum atomic E-state index is 11.7. The minimum Gasteiger partial charge on any atom is -0.481 e. The quantitative estimate of drug-likeness (QED) is 0.808. The van der Waals surface area contributed by atoms with Crippen LogP contribution in [0.1, 0.15) is 37.2 Å². The summed E-state index contributed by atoms with van der Waals surface area (Å²) in [4.78, 5) is 22.5. The van der Waals surface area contributed by atoms with Crippen LogP contribution in [-0.4, -0.2) is 23.5 Å². The van der Waals surface area contributed by atoms with Crippen LogP contribution in [0.25, 0.3) is 0 Å². The lowest BCUT2D eigenvalue weighted by atomic mass is 9.94. The Morgan fingerprint density at radius 2 is 2.11 bits per heavy atom. The highest BCUT2D eigenvalue weighted by Gasteiger charge is 2.17. The van der Waals surface area contributed by atoms with E-state index in [1.54, 1.807) is 0 Å². The van der Waals surface area contributed by atoms with Crippen LogP contribution < -0.4 is 5.32 Å². The number of furan rings is 1. The van der Waals surface area contributed by atoms with Crippen molar-refractivity contribution in [3.05, 3.63) is 23.1 Å². The second kappa shape index (κ2) is 7.19. The summed E-state index contributed by atoms with van der Waals surface area (Å²) in [6.45, 7) is 4.34. The van der Waals surface area contributed by atoms with E-state index in [1.165, 1.54) is 12.1 Å². The fourth-order valence-corrected chi connectivity index (χ4v) is 2.06. The SMILES string of the molecule is CC(C)C[C@H](CNC(=O)c1ccc(Cl)o1)CC(=O)O. The first-order valence-corrected chi connectivity index (χ1v) is 6.51. The zero-order valence-corrected chi connectivity index (χ0v) is 11.7. The number of halogens is 1. The molecule has 0 aliphatic heterocycles. The molecule has 0 spiro atoms. The van der Waals surface area contributed by atoms with Crippen molar-refractivity contribution in [2.75, 3.05) is 6.54 Å². The molecule has 0 saturated heterocycles. The van der Waals surface area contributed by atoms with E-state index in [1.807, 2.05) is 13.8 Å². The van der Waals surface area contributed by atoms with Gasteiger partial charge in [0.2, 0.25) is 0 Å². The Morgan fingerprint density at radius 3 is 2.58 bits per heavy atom. The number of aliphatic carboxylic acids is 1. The molecule has 0 fully saturated rings. The Morgan fingerprint density at radius 1 is 1.42 bits per heavy atom. The van der Waals surface area contributed by atoms with Gasteiger partial charge in [0.25, 0.3) is 5.91 Å². The molecule has 1 rings (SSSR count). The molecule has 0 aliphatic carbocycles. The van der Waals surface area contributed by atoms with E-state index in [-0.39, 0.29) is 29.2 Å². The van der Waals surface area contributed by atoms with Crippen molar-refractivity contribution in [2.45, 2.75) is 26.7 Å². The van der Waals surface area contributed by atoms with Crippen LogP contribution in [0.5, 0.6) is 0 Å². The number of carbonyl (C=O) groups is 2. The van der Waals surface area contributed by atoms with E-state index in [0.29, 0.717) is 12.5 Å². The normalized spacial score (nSPS) is 12.4. The summed E-state index contributed by atoms with van der Waals surface area (Å²) in [5.41, 5.74) is 0. The molecule has 1 aromatic rings. The average Bonchev–Trinajstić information content (AvgIpc) is 2.71. The van der Waals surface area contributed by atoms with Crippen molar-refractivity contribution in [2.24, 2.45) is 11.8 Å². The fraction of sp³-hybridized carbons (Fsp3) is 0.538. The Hall–Kier alpha value is -1.49. The molecule has 0 bridgehead atoms. The summed E-state index contributed by atoms with van der Waals surface area (Å²) in [5.74, 6) is -0.832. The van der Waals surface area contributed by atoms with Gasteiger partial charge in [0.15, 0.2) is 11.0 Å². The summed E-state index contributed by atoms with van der Waals surface area (Å²) in [5, 5.41) is 11.6. The van der Waals surface area contributed by atoms with Gasteiger partial charge in [-0.3, -0.25) is 9.59 Å². The molecule has 1 amide bonds. The molecule has 0 radical (unpaired) electrons. The van der Waals surface area contributed by atoms with Gasteiger partial charge < -0.3 is 14.8 Å². The molecule has 0 saturated carbocycles. The maximum absolute atomic E-state index is 11.7. The predicted octanol–water partition coefficient (Wildman–Crippen LogP) is 2.80. The minimum absolute atomic E-state index is 0.0391. The van der Waals surface area contributed by atoms with Crippen LogP contribution in [0.15, 0.2) is 16.5 Å². The van der Waals surface area contributed by atoms with Crippen LogP contribution >= 0.6 is 11.6 Å². The van der Waals surface area contributed by atoms with E-state index < -0.39 is 5.97 Å². The van der Waals surface area contributed by atoms with Gasteiger partial charge in [-0.25, -0.2) is 0 Å². The number of hydrogen-bond acceptors (Lipinski definition) is 3. The third kappa shape index (κ3) is 5.79.